The Morgan fingerprint density at radius 2 is 2.18 bits per heavy atom. The van der Waals surface area contributed by atoms with Gasteiger partial charge in [-0.2, -0.15) is 0 Å². The minimum atomic E-state index is -0.655. The zero-order valence-electron chi connectivity index (χ0n) is 10.2. The Labute approximate surface area is 101 Å². The van der Waals surface area contributed by atoms with Gasteiger partial charge in [0.2, 0.25) is 0 Å². The van der Waals surface area contributed by atoms with Gasteiger partial charge in [0.15, 0.2) is 0 Å². The van der Waals surface area contributed by atoms with E-state index in [1.54, 1.807) is 18.7 Å². The van der Waals surface area contributed by atoms with Gasteiger partial charge in [-0.15, -0.1) is 0 Å². The van der Waals surface area contributed by atoms with Crippen molar-refractivity contribution in [2.75, 3.05) is 0 Å². The van der Waals surface area contributed by atoms with E-state index in [9.17, 15) is 5.11 Å². The van der Waals surface area contributed by atoms with Crippen LogP contribution >= 0.6 is 0 Å². The maximum Gasteiger partial charge on any atom is 0.122 e. The molecule has 0 bridgehead atoms. The van der Waals surface area contributed by atoms with Crippen molar-refractivity contribution in [3.8, 4) is 0 Å². The van der Waals surface area contributed by atoms with E-state index in [1.807, 2.05) is 23.6 Å². The number of aliphatic hydroxyl groups is 1. The normalized spacial score (nSPS) is 12.6. The second kappa shape index (κ2) is 5.10. The summed E-state index contributed by atoms with van der Waals surface area (Å²) in [5, 5.41) is 10.3. The molecule has 1 atom stereocenters. The molecule has 0 aromatic carbocycles. The second-order valence-electron chi connectivity index (χ2n) is 4.15. The van der Waals surface area contributed by atoms with Gasteiger partial charge in [0.25, 0.3) is 0 Å². The Morgan fingerprint density at radius 1 is 1.35 bits per heavy atom. The van der Waals surface area contributed by atoms with E-state index >= 15 is 0 Å². The van der Waals surface area contributed by atoms with Gasteiger partial charge >= 0.3 is 0 Å². The molecule has 0 aliphatic rings. The summed E-state index contributed by atoms with van der Waals surface area (Å²) < 4.78 is 1.98. The molecule has 0 radical (unpaired) electrons. The number of aliphatic hydroxyl groups excluding tert-OH is 1. The van der Waals surface area contributed by atoms with Gasteiger partial charge in [-0.1, -0.05) is 13.0 Å². The maximum absolute atomic E-state index is 10.3. The van der Waals surface area contributed by atoms with Crippen molar-refractivity contribution in [3.05, 3.63) is 47.8 Å². The molecule has 2 aromatic rings. The lowest BCUT2D eigenvalue weighted by Crippen LogP contribution is -2.08. The largest absolute Gasteiger partial charge is 0.382 e. The van der Waals surface area contributed by atoms with Crippen LogP contribution in [0.3, 0.4) is 0 Å². The van der Waals surface area contributed by atoms with E-state index < -0.39 is 6.10 Å². The first-order valence-corrected chi connectivity index (χ1v) is 5.83. The lowest BCUT2D eigenvalue weighted by molar-refractivity contribution is 0.209. The van der Waals surface area contributed by atoms with Gasteiger partial charge in [-0.3, -0.25) is 4.98 Å². The van der Waals surface area contributed by atoms with Crippen LogP contribution in [0.4, 0.5) is 0 Å². The molecule has 2 rings (SSSR count). The minimum Gasteiger partial charge on any atom is -0.382 e. The second-order valence-corrected chi connectivity index (χ2v) is 4.15. The van der Waals surface area contributed by atoms with Crippen molar-refractivity contribution >= 4 is 0 Å². The molecule has 1 unspecified atom stereocenters. The molecule has 0 saturated heterocycles. The van der Waals surface area contributed by atoms with Crippen LogP contribution in [0.25, 0.3) is 0 Å². The van der Waals surface area contributed by atoms with Gasteiger partial charge in [-0.05, 0) is 19.4 Å². The minimum absolute atomic E-state index is 0.655. The molecule has 2 aromatic heterocycles. The number of hydrogen-bond donors (Lipinski definition) is 1. The zero-order valence-corrected chi connectivity index (χ0v) is 10.2. The van der Waals surface area contributed by atoms with Gasteiger partial charge in [0, 0.05) is 24.0 Å². The summed E-state index contributed by atoms with van der Waals surface area (Å²) in [6, 6.07) is 3.80. The van der Waals surface area contributed by atoms with Gasteiger partial charge < -0.3 is 9.67 Å². The molecule has 1 N–H and O–H groups in total. The maximum atomic E-state index is 10.3. The van der Waals surface area contributed by atoms with Crippen LogP contribution in [0.15, 0.2) is 30.9 Å². The molecule has 0 fully saturated rings. The number of imidazole rings is 1. The van der Waals surface area contributed by atoms with Crippen LogP contribution in [0, 0.1) is 6.92 Å². The Balaban J connectivity index is 2.26. The van der Waals surface area contributed by atoms with Crippen molar-refractivity contribution < 1.29 is 5.11 Å². The molecule has 0 amide bonds. The van der Waals surface area contributed by atoms with Crippen LogP contribution in [0.1, 0.15) is 36.4 Å². The fourth-order valence-corrected chi connectivity index (χ4v) is 1.80. The highest BCUT2D eigenvalue weighted by Crippen LogP contribution is 2.21. The summed E-state index contributed by atoms with van der Waals surface area (Å²) in [7, 11) is 0. The van der Waals surface area contributed by atoms with Gasteiger partial charge in [0.05, 0.1) is 18.2 Å². The van der Waals surface area contributed by atoms with E-state index in [0.717, 1.165) is 29.9 Å². The number of hydrogen-bond acceptors (Lipinski definition) is 3. The molecular weight excluding hydrogens is 214 g/mol. The Kier molecular flexibility index (Phi) is 3.54. The number of aryl methyl sites for hydroxylation is 2. The van der Waals surface area contributed by atoms with Crippen molar-refractivity contribution in [1.29, 1.82) is 0 Å². The summed E-state index contributed by atoms with van der Waals surface area (Å²) in [4.78, 5) is 8.28. The van der Waals surface area contributed by atoms with E-state index in [2.05, 4.69) is 16.9 Å². The van der Waals surface area contributed by atoms with E-state index in [0.29, 0.717) is 0 Å². The summed E-state index contributed by atoms with van der Waals surface area (Å²) in [5.74, 6) is 0. The van der Waals surface area contributed by atoms with Crippen molar-refractivity contribution in [2.24, 2.45) is 0 Å². The van der Waals surface area contributed by atoms with E-state index in [4.69, 9.17) is 0 Å². The summed E-state index contributed by atoms with van der Waals surface area (Å²) in [5.41, 5.74) is 2.56. The molecule has 0 spiro atoms. The lowest BCUT2D eigenvalue weighted by Gasteiger charge is -2.13. The summed E-state index contributed by atoms with van der Waals surface area (Å²) >= 11 is 0. The Hall–Kier alpha value is -1.68. The standard InChI is InChI=1S/C13H17N3O/c1-3-6-16-9-14-8-12(16)13(17)11-5-4-10(2)15-7-11/h4-5,7-9,13,17H,3,6H2,1-2H3. The molecule has 2 heterocycles. The molecular formula is C13H17N3O. The third-order valence-electron chi connectivity index (χ3n) is 2.74. The molecule has 4 nitrogen and oxygen atoms in total. The van der Waals surface area contributed by atoms with Crippen molar-refractivity contribution in [1.82, 2.24) is 14.5 Å². The molecule has 0 aliphatic carbocycles. The lowest BCUT2D eigenvalue weighted by atomic mass is 10.1. The van der Waals surface area contributed by atoms with Crippen molar-refractivity contribution in [3.63, 3.8) is 0 Å². The topological polar surface area (TPSA) is 50.9 Å². The third-order valence-corrected chi connectivity index (χ3v) is 2.74. The van der Waals surface area contributed by atoms with E-state index in [1.165, 1.54) is 0 Å². The summed E-state index contributed by atoms with van der Waals surface area (Å²) in [6.07, 6.45) is 5.53. The summed E-state index contributed by atoms with van der Waals surface area (Å²) in [6.45, 7) is 4.90. The molecule has 0 aliphatic heterocycles. The quantitative estimate of drug-likeness (QED) is 0.876. The first-order chi connectivity index (χ1) is 8.22. The predicted octanol–water partition coefficient (Wildman–Crippen LogP) is 2.08. The highest BCUT2D eigenvalue weighted by atomic mass is 16.3. The molecule has 4 heteroatoms. The van der Waals surface area contributed by atoms with Gasteiger partial charge in [0.1, 0.15) is 6.10 Å². The SMILES string of the molecule is CCCn1cncc1C(O)c1ccc(C)nc1. The van der Waals surface area contributed by atoms with Gasteiger partial charge in [-0.25, -0.2) is 4.98 Å². The Bertz CT molecular complexity index is 476. The number of pyridine rings is 1. The smallest absolute Gasteiger partial charge is 0.122 e. The highest BCUT2D eigenvalue weighted by molar-refractivity contribution is 5.23. The third kappa shape index (κ3) is 2.53. The van der Waals surface area contributed by atoms with Crippen LogP contribution in [-0.4, -0.2) is 19.6 Å². The number of nitrogens with zero attached hydrogens (tertiary/aromatic N) is 3. The molecule has 17 heavy (non-hydrogen) atoms. The van der Waals surface area contributed by atoms with E-state index in [-0.39, 0.29) is 0 Å². The average Bonchev–Trinajstić information content (AvgIpc) is 2.78. The average molecular weight is 231 g/mol. The first-order valence-electron chi connectivity index (χ1n) is 5.83. The van der Waals surface area contributed by atoms with Crippen LogP contribution in [0.5, 0.6) is 0 Å². The predicted molar refractivity (Wildman–Crippen MR) is 65.6 cm³/mol. The van der Waals surface area contributed by atoms with Crippen LogP contribution < -0.4 is 0 Å². The fraction of sp³-hybridized carbons (Fsp3) is 0.385. The van der Waals surface area contributed by atoms with Crippen LogP contribution in [-0.2, 0) is 6.54 Å². The number of aromatic nitrogens is 3. The molecule has 0 saturated carbocycles. The highest BCUT2D eigenvalue weighted by Gasteiger charge is 2.14. The number of rotatable bonds is 4. The zero-order chi connectivity index (χ0) is 12.3. The van der Waals surface area contributed by atoms with Crippen molar-refractivity contribution in [2.45, 2.75) is 32.9 Å². The first kappa shape index (κ1) is 11.8. The fourth-order valence-electron chi connectivity index (χ4n) is 1.80. The Morgan fingerprint density at radius 3 is 2.82 bits per heavy atom. The monoisotopic (exact) mass is 231 g/mol. The molecule has 90 valence electrons. The van der Waals surface area contributed by atoms with Crippen LogP contribution in [0.2, 0.25) is 0 Å².